The molecule has 0 aliphatic carbocycles. The van der Waals surface area contributed by atoms with Gasteiger partial charge in [0.15, 0.2) is 0 Å². The maximum Gasteiger partial charge on any atom is 0.416 e. The molecule has 5 nitrogen and oxygen atoms in total. The number of nitrogens with zero attached hydrogens (tertiary/aromatic N) is 1. The molecule has 2 aromatic rings. The van der Waals surface area contributed by atoms with Crippen LogP contribution < -0.4 is 4.74 Å². The molecule has 0 amide bonds. The molecular formula is C20H15F6NO4. The number of ether oxygens (including phenoxy) is 1. The monoisotopic (exact) mass is 447 g/mol. The molecule has 0 spiro atoms. The van der Waals surface area contributed by atoms with Crippen molar-refractivity contribution >= 4 is 5.69 Å². The summed E-state index contributed by atoms with van der Waals surface area (Å²) in [4.78, 5) is 10.5. The second-order valence-electron chi connectivity index (χ2n) is 6.94. The number of nitro benzene ring substituents is 1. The minimum Gasteiger partial charge on any atom is -0.489 e. The highest BCUT2D eigenvalue weighted by Crippen LogP contribution is 2.38. The molecule has 0 heterocycles. The second kappa shape index (κ2) is 8.47. The SMILES string of the molecule is CC(C)(O)C#Cc1ccc(COc2cc(C(F)(F)F)cc(C(F)(F)F)c2)c([N+](=O)[O-])c1. The van der Waals surface area contributed by atoms with Gasteiger partial charge < -0.3 is 9.84 Å². The van der Waals surface area contributed by atoms with E-state index in [-0.39, 0.29) is 17.2 Å². The van der Waals surface area contributed by atoms with Gasteiger partial charge in [0, 0.05) is 11.6 Å². The number of nitro groups is 1. The highest BCUT2D eigenvalue weighted by Gasteiger charge is 2.37. The molecule has 31 heavy (non-hydrogen) atoms. The van der Waals surface area contributed by atoms with Crippen LogP contribution in [0.15, 0.2) is 36.4 Å². The molecule has 0 radical (unpaired) electrons. The Hall–Kier alpha value is -3.26. The minimum atomic E-state index is -5.05. The molecular weight excluding hydrogens is 432 g/mol. The lowest BCUT2D eigenvalue weighted by Gasteiger charge is -2.15. The third-order valence-corrected chi connectivity index (χ3v) is 3.75. The molecule has 0 saturated carbocycles. The van der Waals surface area contributed by atoms with Crippen LogP contribution in [0.2, 0.25) is 0 Å². The zero-order valence-corrected chi connectivity index (χ0v) is 16.1. The maximum atomic E-state index is 12.9. The zero-order valence-electron chi connectivity index (χ0n) is 16.1. The van der Waals surface area contributed by atoms with Crippen LogP contribution >= 0.6 is 0 Å². The lowest BCUT2D eigenvalue weighted by molar-refractivity contribution is -0.385. The van der Waals surface area contributed by atoms with Crippen molar-refractivity contribution in [2.45, 2.75) is 38.4 Å². The van der Waals surface area contributed by atoms with Gasteiger partial charge in [-0.25, -0.2) is 0 Å². The molecule has 11 heteroatoms. The summed E-state index contributed by atoms with van der Waals surface area (Å²) in [6.45, 7) is 2.15. The molecule has 0 atom stereocenters. The van der Waals surface area contributed by atoms with Crippen LogP contribution in [0.4, 0.5) is 32.0 Å². The third-order valence-electron chi connectivity index (χ3n) is 3.75. The topological polar surface area (TPSA) is 72.6 Å². The van der Waals surface area contributed by atoms with Crippen LogP contribution in [0.1, 0.15) is 36.1 Å². The summed E-state index contributed by atoms with van der Waals surface area (Å²) in [5.41, 5.74) is -4.89. The average Bonchev–Trinajstić information content (AvgIpc) is 2.62. The Kier molecular flexibility index (Phi) is 6.56. The number of rotatable bonds is 4. The average molecular weight is 447 g/mol. The van der Waals surface area contributed by atoms with Gasteiger partial charge in [-0.05, 0) is 44.2 Å². The first-order valence-electron chi connectivity index (χ1n) is 8.51. The predicted octanol–water partition coefficient (Wildman–Crippen LogP) is 5.33. The Bertz CT molecular complexity index is 1010. The summed E-state index contributed by atoms with van der Waals surface area (Å²) < 4.78 is 82.6. The summed E-state index contributed by atoms with van der Waals surface area (Å²) >= 11 is 0. The van der Waals surface area contributed by atoms with Crippen molar-refractivity contribution in [3.8, 4) is 17.6 Å². The zero-order chi connectivity index (χ0) is 23.6. The van der Waals surface area contributed by atoms with E-state index in [0.717, 1.165) is 6.07 Å². The molecule has 0 aliphatic rings. The lowest BCUT2D eigenvalue weighted by atomic mass is 10.1. The van der Waals surface area contributed by atoms with Gasteiger partial charge in [-0.15, -0.1) is 0 Å². The fraction of sp³-hybridized carbons (Fsp3) is 0.300. The molecule has 0 unspecified atom stereocenters. The fourth-order valence-corrected chi connectivity index (χ4v) is 2.33. The van der Waals surface area contributed by atoms with Crippen LogP contribution in [0.3, 0.4) is 0 Å². The molecule has 0 aliphatic heterocycles. The van der Waals surface area contributed by atoms with Crippen LogP contribution in [0.5, 0.6) is 5.75 Å². The molecule has 0 fully saturated rings. The van der Waals surface area contributed by atoms with Gasteiger partial charge in [-0.2, -0.15) is 26.3 Å². The van der Waals surface area contributed by atoms with E-state index >= 15 is 0 Å². The van der Waals surface area contributed by atoms with Gasteiger partial charge >= 0.3 is 12.4 Å². The summed E-state index contributed by atoms with van der Waals surface area (Å²) in [6.07, 6.45) is -10.1. The molecule has 2 rings (SSSR count). The highest BCUT2D eigenvalue weighted by molar-refractivity contribution is 5.49. The first kappa shape index (κ1) is 24.0. The van der Waals surface area contributed by atoms with Crippen LogP contribution in [-0.4, -0.2) is 15.6 Å². The summed E-state index contributed by atoms with van der Waals surface area (Å²) in [7, 11) is 0. The quantitative estimate of drug-likeness (QED) is 0.298. The number of alkyl halides is 6. The fourth-order valence-electron chi connectivity index (χ4n) is 2.33. The summed E-state index contributed by atoms with van der Waals surface area (Å²) in [5.74, 6) is 4.25. The molecule has 2 aromatic carbocycles. The van der Waals surface area contributed by atoms with Gasteiger partial charge in [-0.1, -0.05) is 11.8 Å². The van der Waals surface area contributed by atoms with Gasteiger partial charge in [0.25, 0.3) is 5.69 Å². The van der Waals surface area contributed by atoms with Crippen molar-refractivity contribution in [2.24, 2.45) is 0 Å². The van der Waals surface area contributed by atoms with Gasteiger partial charge in [0.2, 0.25) is 0 Å². The molecule has 1 N–H and O–H groups in total. The summed E-state index contributed by atoms with van der Waals surface area (Å²) in [6, 6.07) is 4.33. The van der Waals surface area contributed by atoms with E-state index in [0.29, 0.717) is 12.1 Å². The number of hydrogen-bond donors (Lipinski definition) is 1. The number of halogens is 6. The second-order valence-corrected chi connectivity index (χ2v) is 6.94. The lowest BCUT2D eigenvalue weighted by Crippen LogP contribution is -2.14. The first-order chi connectivity index (χ1) is 14.1. The smallest absolute Gasteiger partial charge is 0.416 e. The van der Waals surface area contributed by atoms with Crippen LogP contribution in [-0.2, 0) is 19.0 Å². The number of benzene rings is 2. The van der Waals surface area contributed by atoms with Crippen molar-refractivity contribution in [1.82, 2.24) is 0 Å². The van der Waals surface area contributed by atoms with Crippen molar-refractivity contribution in [2.75, 3.05) is 0 Å². The Labute approximate surface area is 172 Å². The summed E-state index contributed by atoms with van der Waals surface area (Å²) in [5, 5.41) is 20.9. The third kappa shape index (κ3) is 6.89. The Balaban J connectivity index is 2.37. The van der Waals surface area contributed by atoms with E-state index in [4.69, 9.17) is 4.74 Å². The van der Waals surface area contributed by atoms with Crippen molar-refractivity contribution in [3.05, 3.63) is 68.8 Å². The van der Waals surface area contributed by atoms with Gasteiger partial charge in [-0.3, -0.25) is 10.1 Å². The largest absolute Gasteiger partial charge is 0.489 e. The number of aliphatic hydroxyl groups is 1. The molecule has 0 saturated heterocycles. The number of hydrogen-bond acceptors (Lipinski definition) is 4. The maximum absolute atomic E-state index is 12.9. The van der Waals surface area contributed by atoms with Gasteiger partial charge in [0.1, 0.15) is 18.0 Å². The van der Waals surface area contributed by atoms with E-state index in [2.05, 4.69) is 11.8 Å². The highest BCUT2D eigenvalue weighted by atomic mass is 19.4. The van der Waals surface area contributed by atoms with Crippen molar-refractivity contribution in [1.29, 1.82) is 0 Å². The van der Waals surface area contributed by atoms with E-state index in [9.17, 15) is 41.6 Å². The van der Waals surface area contributed by atoms with E-state index in [1.165, 1.54) is 26.0 Å². The Morgan fingerprint density at radius 2 is 1.55 bits per heavy atom. The minimum absolute atomic E-state index is 0.0502. The Morgan fingerprint density at radius 1 is 1.00 bits per heavy atom. The normalized spacial score (nSPS) is 12.2. The van der Waals surface area contributed by atoms with E-state index < -0.39 is 52.0 Å². The van der Waals surface area contributed by atoms with Gasteiger partial charge in [0.05, 0.1) is 21.6 Å². The predicted molar refractivity (Wildman–Crippen MR) is 97.1 cm³/mol. The van der Waals surface area contributed by atoms with Crippen molar-refractivity contribution in [3.63, 3.8) is 0 Å². The Morgan fingerprint density at radius 3 is 2.00 bits per heavy atom. The molecule has 166 valence electrons. The van der Waals surface area contributed by atoms with Crippen LogP contribution in [0.25, 0.3) is 0 Å². The molecule has 0 aromatic heterocycles. The van der Waals surface area contributed by atoms with E-state index in [1.54, 1.807) is 0 Å². The first-order valence-corrected chi connectivity index (χ1v) is 8.51. The van der Waals surface area contributed by atoms with E-state index in [1.807, 2.05) is 0 Å². The van der Waals surface area contributed by atoms with Crippen molar-refractivity contribution < 1.29 is 41.1 Å². The molecule has 0 bridgehead atoms. The van der Waals surface area contributed by atoms with Crippen LogP contribution in [0, 0.1) is 22.0 Å². The standard InChI is InChI=1S/C20H15F6NO4/c1-18(2,28)6-5-12-3-4-13(17(7-12)27(29)30)11-31-16-9-14(19(21,22)23)8-15(10-16)20(24,25)26/h3-4,7-10,28H,11H2,1-2H3.